The first-order chi connectivity index (χ1) is 17.4. The molecule has 3 heterocycles. The fourth-order valence-electron chi connectivity index (χ4n) is 5.41. The van der Waals surface area contributed by atoms with E-state index in [0.717, 1.165) is 53.8 Å². The molecular formula is C33H37N2S+. The molecule has 0 fully saturated rings. The molecule has 0 unspecified atom stereocenters. The van der Waals surface area contributed by atoms with Gasteiger partial charge in [-0.2, -0.15) is 4.57 Å². The summed E-state index contributed by atoms with van der Waals surface area (Å²) in [4.78, 5) is 3.35. The Morgan fingerprint density at radius 1 is 1.11 bits per heavy atom. The predicted octanol–water partition coefficient (Wildman–Crippen LogP) is 8.67. The first-order valence-corrected chi connectivity index (χ1v) is 13.6. The summed E-state index contributed by atoms with van der Waals surface area (Å²) in [7, 11) is 2.08. The van der Waals surface area contributed by atoms with Crippen molar-refractivity contribution < 1.29 is 4.57 Å². The number of pyridine rings is 1. The van der Waals surface area contributed by atoms with Gasteiger partial charge >= 0.3 is 0 Å². The number of nitrogens with zero attached hydrogens (tertiary/aromatic N) is 2. The highest BCUT2D eigenvalue weighted by Crippen LogP contribution is 2.39. The highest BCUT2D eigenvalue weighted by Gasteiger charge is 2.42. The number of likely N-dealkylation sites (N-methyl/N-ethyl adjacent to an activating group) is 1. The molecule has 0 amide bonds. The van der Waals surface area contributed by atoms with E-state index in [2.05, 4.69) is 111 Å². The van der Waals surface area contributed by atoms with Gasteiger partial charge in [0.05, 0.1) is 11.1 Å². The second-order valence-electron chi connectivity index (χ2n) is 9.42. The molecule has 2 aromatic heterocycles. The van der Waals surface area contributed by atoms with E-state index < -0.39 is 0 Å². The maximum absolute atomic E-state index is 4.39. The number of aryl methyl sites for hydroxylation is 1. The van der Waals surface area contributed by atoms with E-state index in [-0.39, 0.29) is 5.54 Å². The molecule has 0 spiro atoms. The fraction of sp³-hybridized carbons (Fsp3) is 0.242. The van der Waals surface area contributed by atoms with Gasteiger partial charge in [-0.1, -0.05) is 70.5 Å². The Morgan fingerprint density at radius 2 is 1.89 bits per heavy atom. The van der Waals surface area contributed by atoms with Gasteiger partial charge in [0, 0.05) is 48.6 Å². The lowest BCUT2D eigenvalue weighted by Crippen LogP contribution is -2.56. The van der Waals surface area contributed by atoms with Gasteiger partial charge in [0.2, 0.25) is 5.69 Å². The number of hydrogen-bond acceptors (Lipinski definition) is 2. The maximum atomic E-state index is 4.39. The third-order valence-corrected chi connectivity index (χ3v) is 8.75. The van der Waals surface area contributed by atoms with Crippen molar-refractivity contribution in [3.8, 4) is 11.3 Å². The summed E-state index contributed by atoms with van der Waals surface area (Å²) in [5.41, 5.74) is 9.31. The number of benzene rings is 1. The van der Waals surface area contributed by atoms with Crippen LogP contribution in [-0.4, -0.2) is 7.05 Å². The van der Waals surface area contributed by atoms with Crippen LogP contribution in [-0.2, 0) is 12.0 Å². The first-order valence-electron chi connectivity index (χ1n) is 12.7. The van der Waals surface area contributed by atoms with E-state index in [1.54, 1.807) is 11.3 Å². The molecule has 3 aromatic rings. The second kappa shape index (κ2) is 10.7. The van der Waals surface area contributed by atoms with Crippen LogP contribution in [0, 0.1) is 0 Å². The number of allylic oxidation sites excluding steroid dienone is 3. The zero-order valence-corrected chi connectivity index (χ0v) is 22.7. The fourth-order valence-corrected chi connectivity index (χ4v) is 6.15. The molecule has 36 heavy (non-hydrogen) atoms. The molecule has 0 aliphatic carbocycles. The quantitative estimate of drug-likeness (QED) is 0.214. The molecule has 0 saturated heterocycles. The zero-order valence-electron chi connectivity index (χ0n) is 21.9. The average Bonchev–Trinajstić information content (AvgIpc) is 3.41. The topological polar surface area (TPSA) is 7.12 Å². The Labute approximate surface area is 220 Å². The van der Waals surface area contributed by atoms with Crippen LogP contribution in [0.15, 0.2) is 92.1 Å². The summed E-state index contributed by atoms with van der Waals surface area (Å²) < 4.78 is 2.52. The Bertz CT molecular complexity index is 1340. The normalized spacial score (nSPS) is 14.2. The number of rotatable bonds is 9. The molecule has 4 rings (SSSR count). The maximum Gasteiger partial charge on any atom is 0.221 e. The summed E-state index contributed by atoms with van der Waals surface area (Å²) in [5.74, 6) is 0. The van der Waals surface area contributed by atoms with Crippen LogP contribution >= 0.6 is 11.3 Å². The highest BCUT2D eigenvalue weighted by molar-refractivity contribution is 7.11. The van der Waals surface area contributed by atoms with E-state index in [4.69, 9.17) is 0 Å². The molecule has 3 heteroatoms. The smallest absolute Gasteiger partial charge is 0.221 e. The molecule has 184 valence electrons. The second-order valence-corrected chi connectivity index (χ2v) is 10.4. The van der Waals surface area contributed by atoms with Crippen LogP contribution in [0.25, 0.3) is 29.0 Å². The lowest BCUT2D eigenvalue weighted by atomic mass is 9.86. The summed E-state index contributed by atoms with van der Waals surface area (Å²) in [6.45, 7) is 21.3. The van der Waals surface area contributed by atoms with Crippen LogP contribution in [0.3, 0.4) is 0 Å². The van der Waals surface area contributed by atoms with Gasteiger partial charge in [-0.05, 0) is 52.8 Å². The van der Waals surface area contributed by atoms with Gasteiger partial charge in [0.15, 0.2) is 11.7 Å². The molecule has 0 radical (unpaired) electrons. The van der Waals surface area contributed by atoms with Crippen molar-refractivity contribution in [1.82, 2.24) is 0 Å². The van der Waals surface area contributed by atoms with Crippen molar-refractivity contribution >= 4 is 34.7 Å². The van der Waals surface area contributed by atoms with Crippen LogP contribution in [0.1, 0.15) is 54.7 Å². The van der Waals surface area contributed by atoms with Gasteiger partial charge in [-0.15, -0.1) is 11.3 Å². The van der Waals surface area contributed by atoms with E-state index in [0.29, 0.717) is 0 Å². The molecule has 0 N–H and O–H groups in total. The standard InChI is InChI=1S/C33H37N2S/c1-8-25-18-20-35-32(29(25)10-3)30-23-28(16-15-27(30)17-19-33(35,11-4)12-5)34(7)24(6)22-26(9-2)31-14-13-21-36-31/h8-10,13-16,18,20-23H,1-3,6,11-12,17,19H2,4-5,7H3/q+1. The highest BCUT2D eigenvalue weighted by atomic mass is 32.1. The van der Waals surface area contributed by atoms with Crippen LogP contribution in [0.2, 0.25) is 0 Å². The minimum Gasteiger partial charge on any atom is -0.345 e. The molecule has 0 saturated carbocycles. The van der Waals surface area contributed by atoms with Crippen molar-refractivity contribution in [1.29, 1.82) is 0 Å². The minimum absolute atomic E-state index is 0.0732. The monoisotopic (exact) mass is 493 g/mol. The van der Waals surface area contributed by atoms with E-state index in [9.17, 15) is 0 Å². The molecule has 0 atom stereocenters. The van der Waals surface area contributed by atoms with Gasteiger partial charge in [0.25, 0.3) is 0 Å². The number of aromatic nitrogens is 1. The molecule has 1 aliphatic heterocycles. The van der Waals surface area contributed by atoms with Gasteiger partial charge in [-0.25, -0.2) is 0 Å². The Hall–Kier alpha value is -3.43. The third-order valence-electron chi connectivity index (χ3n) is 7.84. The molecule has 0 bridgehead atoms. The third kappa shape index (κ3) is 4.44. The first kappa shape index (κ1) is 25.7. The molecule has 1 aliphatic rings. The zero-order chi connectivity index (χ0) is 25.9. The van der Waals surface area contributed by atoms with Crippen molar-refractivity contribution in [3.05, 3.63) is 114 Å². The van der Waals surface area contributed by atoms with Crippen LogP contribution < -0.4 is 9.47 Å². The van der Waals surface area contributed by atoms with Crippen molar-refractivity contribution in [2.45, 2.75) is 45.1 Å². The number of fused-ring (bicyclic) bond motifs is 3. The SMILES string of the molecule is C=CC(=CC(=C)N(C)c1ccc2c(c1)-c1c(C=C)c(C=C)cc[n+]1C(CC)(CC)CC2)c1cccs1. The van der Waals surface area contributed by atoms with Crippen LogP contribution in [0.4, 0.5) is 5.69 Å². The molecule has 2 nitrogen and oxygen atoms in total. The Balaban J connectivity index is 1.87. The lowest BCUT2D eigenvalue weighted by Gasteiger charge is -2.27. The van der Waals surface area contributed by atoms with E-state index >= 15 is 0 Å². The summed E-state index contributed by atoms with van der Waals surface area (Å²) in [6, 6.07) is 13.2. The minimum atomic E-state index is 0.0732. The van der Waals surface area contributed by atoms with Crippen LogP contribution in [0.5, 0.6) is 0 Å². The Kier molecular flexibility index (Phi) is 7.61. The van der Waals surface area contributed by atoms with Gasteiger partial charge in [0.1, 0.15) is 0 Å². The summed E-state index contributed by atoms with van der Waals surface area (Å²) >= 11 is 1.71. The van der Waals surface area contributed by atoms with Gasteiger partial charge < -0.3 is 4.90 Å². The van der Waals surface area contributed by atoms with E-state index in [1.165, 1.54) is 21.7 Å². The molecule has 1 aromatic carbocycles. The van der Waals surface area contributed by atoms with Crippen molar-refractivity contribution in [3.63, 3.8) is 0 Å². The van der Waals surface area contributed by atoms with Crippen molar-refractivity contribution in [2.75, 3.05) is 11.9 Å². The largest absolute Gasteiger partial charge is 0.345 e. The van der Waals surface area contributed by atoms with Gasteiger partial charge in [-0.3, -0.25) is 0 Å². The average molecular weight is 494 g/mol. The molecular weight excluding hydrogens is 456 g/mol. The predicted molar refractivity (Wildman–Crippen MR) is 159 cm³/mol. The summed E-state index contributed by atoms with van der Waals surface area (Å²) in [5, 5.41) is 2.09. The van der Waals surface area contributed by atoms with E-state index in [1.807, 2.05) is 18.2 Å². The number of thiophene rings is 1. The number of hydrogen-bond donors (Lipinski definition) is 0. The lowest BCUT2D eigenvalue weighted by molar-refractivity contribution is -0.757. The van der Waals surface area contributed by atoms with Crippen molar-refractivity contribution in [2.24, 2.45) is 0 Å². The Morgan fingerprint density at radius 3 is 2.50 bits per heavy atom. The summed E-state index contributed by atoms with van der Waals surface area (Å²) in [6.07, 6.45) is 14.5. The number of anilines is 1.